The molecule has 1 aliphatic carbocycles. The van der Waals surface area contributed by atoms with Crippen molar-refractivity contribution in [2.24, 2.45) is 5.92 Å². The third-order valence-electron chi connectivity index (χ3n) is 7.77. The Labute approximate surface area is 233 Å². The summed E-state index contributed by atoms with van der Waals surface area (Å²) in [5, 5.41) is 21.0. The Morgan fingerprint density at radius 2 is 1.78 bits per heavy atom. The maximum atomic E-state index is 16.2. The molecule has 41 heavy (non-hydrogen) atoms. The molecule has 0 aliphatic heterocycles. The number of imidazole rings is 1. The molecule has 1 aliphatic rings. The van der Waals surface area contributed by atoms with Crippen molar-refractivity contribution < 1.29 is 13.9 Å². The molecule has 0 saturated heterocycles. The van der Waals surface area contributed by atoms with E-state index in [-0.39, 0.29) is 28.3 Å². The van der Waals surface area contributed by atoms with Crippen molar-refractivity contribution in [3.63, 3.8) is 0 Å². The van der Waals surface area contributed by atoms with Gasteiger partial charge in [-0.3, -0.25) is 10.1 Å². The van der Waals surface area contributed by atoms with Crippen LogP contribution in [0.25, 0.3) is 56.0 Å². The number of hydrogen-bond donors (Lipinski definition) is 4. The number of fused-ring (bicyclic) bond motifs is 2. The molecule has 1 aromatic carbocycles. The number of rotatable bonds is 6. The second-order valence-corrected chi connectivity index (χ2v) is 10.4. The molecule has 1 fully saturated rings. The highest BCUT2D eigenvalue weighted by molar-refractivity contribution is 5.96. The molecule has 11 heteroatoms. The molecule has 5 aromatic heterocycles. The van der Waals surface area contributed by atoms with Gasteiger partial charge in [-0.15, -0.1) is 0 Å². The van der Waals surface area contributed by atoms with Crippen molar-refractivity contribution in [3.8, 4) is 33.8 Å². The molecule has 6 aromatic rings. The van der Waals surface area contributed by atoms with Gasteiger partial charge in [0.25, 0.3) is 0 Å². The number of aliphatic hydroxyl groups excluding tert-OH is 1. The molecule has 9 nitrogen and oxygen atoms in total. The molecule has 1 atom stereocenters. The summed E-state index contributed by atoms with van der Waals surface area (Å²) in [5.41, 5.74) is 3.64. The number of anilines is 1. The lowest BCUT2D eigenvalue weighted by Crippen LogP contribution is -2.30. The number of hydrogen-bond acceptors (Lipinski definition) is 7. The van der Waals surface area contributed by atoms with Gasteiger partial charge in [0.05, 0.1) is 22.8 Å². The third-order valence-corrected chi connectivity index (χ3v) is 7.77. The van der Waals surface area contributed by atoms with Crippen molar-refractivity contribution in [3.05, 3.63) is 72.8 Å². The normalized spacial score (nSPS) is 15.0. The number of aromatic nitrogens is 7. The fourth-order valence-electron chi connectivity index (χ4n) is 5.66. The molecular weight excluding hydrogens is 526 g/mol. The first kappa shape index (κ1) is 25.2. The summed E-state index contributed by atoms with van der Waals surface area (Å²) in [6.45, 7) is 0. The van der Waals surface area contributed by atoms with Gasteiger partial charge >= 0.3 is 0 Å². The second-order valence-electron chi connectivity index (χ2n) is 10.4. The third kappa shape index (κ3) is 4.57. The van der Waals surface area contributed by atoms with Crippen LogP contribution < -0.4 is 5.32 Å². The van der Waals surface area contributed by atoms with Crippen molar-refractivity contribution in [2.75, 3.05) is 5.32 Å². The first-order valence-corrected chi connectivity index (χ1v) is 13.6. The van der Waals surface area contributed by atoms with Gasteiger partial charge in [-0.05, 0) is 31.0 Å². The van der Waals surface area contributed by atoms with Crippen LogP contribution in [0, 0.1) is 17.6 Å². The molecule has 5 heterocycles. The average molecular weight is 553 g/mol. The van der Waals surface area contributed by atoms with Crippen molar-refractivity contribution in [2.45, 2.75) is 38.3 Å². The van der Waals surface area contributed by atoms with Crippen molar-refractivity contribution in [1.82, 2.24) is 35.1 Å². The average Bonchev–Trinajstić information content (AvgIpc) is 3.63. The standard InChI is InChI=1S/C30H26F2N8O/c31-22-9-5-4-8-19(22)20-10-11-34-28-25(20)37-29(38-28)26-23-24(32)21(15-35-27(23)40-39-26)17-12-18(14-33-13-17)36-30(41)16-6-2-1-3-7-16/h4-5,8-16,30,36,41H,1-3,6-7H2,(H,34,37,38)(H,35,39,40). The highest BCUT2D eigenvalue weighted by atomic mass is 19.1. The quantitative estimate of drug-likeness (QED) is 0.181. The van der Waals surface area contributed by atoms with E-state index in [1.165, 1.54) is 18.7 Å². The zero-order chi connectivity index (χ0) is 27.9. The zero-order valence-corrected chi connectivity index (χ0v) is 21.9. The lowest BCUT2D eigenvalue weighted by Gasteiger charge is -2.27. The summed E-state index contributed by atoms with van der Waals surface area (Å²) in [6, 6.07) is 9.89. The van der Waals surface area contributed by atoms with Crippen molar-refractivity contribution >= 4 is 27.9 Å². The van der Waals surface area contributed by atoms with E-state index in [9.17, 15) is 9.50 Å². The molecule has 0 spiro atoms. The van der Waals surface area contributed by atoms with E-state index in [4.69, 9.17) is 0 Å². The Morgan fingerprint density at radius 3 is 2.63 bits per heavy atom. The zero-order valence-electron chi connectivity index (χ0n) is 21.9. The molecule has 7 rings (SSSR count). The van der Waals surface area contributed by atoms with E-state index in [0.29, 0.717) is 45.1 Å². The van der Waals surface area contributed by atoms with Crippen LogP contribution in [0.15, 0.2) is 61.2 Å². The Balaban J connectivity index is 1.26. The number of H-pyrrole nitrogens is 2. The Kier molecular flexibility index (Phi) is 6.35. The monoisotopic (exact) mass is 552 g/mol. The van der Waals surface area contributed by atoms with Gasteiger partial charge in [0, 0.05) is 46.8 Å². The van der Waals surface area contributed by atoms with Gasteiger partial charge in [0.15, 0.2) is 17.1 Å². The van der Waals surface area contributed by atoms with Crippen LogP contribution in [-0.2, 0) is 0 Å². The topological polar surface area (TPSA) is 128 Å². The van der Waals surface area contributed by atoms with Crippen LogP contribution >= 0.6 is 0 Å². The van der Waals surface area contributed by atoms with Crippen LogP contribution in [0.3, 0.4) is 0 Å². The Bertz CT molecular complexity index is 1880. The summed E-state index contributed by atoms with van der Waals surface area (Å²) < 4.78 is 30.8. The molecule has 4 N–H and O–H groups in total. The second kappa shape index (κ2) is 10.3. The smallest absolute Gasteiger partial charge is 0.184 e. The SMILES string of the molecule is OC(Nc1cncc(-c2cnc3n[nH]c(-c4nc5nccc(-c6ccccc6F)c5[nH]4)c3c2F)c1)C1CCCCC1. The largest absolute Gasteiger partial charge is 0.374 e. The summed E-state index contributed by atoms with van der Waals surface area (Å²) in [7, 11) is 0. The first-order valence-electron chi connectivity index (χ1n) is 13.6. The Hall–Kier alpha value is -4.77. The fourth-order valence-corrected chi connectivity index (χ4v) is 5.66. The van der Waals surface area contributed by atoms with Gasteiger partial charge in [-0.1, -0.05) is 37.5 Å². The maximum Gasteiger partial charge on any atom is 0.184 e. The molecule has 1 saturated carbocycles. The highest BCUT2D eigenvalue weighted by Crippen LogP contribution is 2.35. The highest BCUT2D eigenvalue weighted by Gasteiger charge is 2.24. The van der Waals surface area contributed by atoms with Gasteiger partial charge in [0.2, 0.25) is 0 Å². The summed E-state index contributed by atoms with van der Waals surface area (Å²) >= 11 is 0. The number of pyridine rings is 3. The predicted octanol–water partition coefficient (Wildman–Crippen LogP) is 6.21. The van der Waals surface area contributed by atoms with E-state index < -0.39 is 12.0 Å². The molecule has 0 amide bonds. The van der Waals surface area contributed by atoms with Gasteiger partial charge < -0.3 is 15.4 Å². The lowest BCUT2D eigenvalue weighted by molar-refractivity contribution is 0.109. The minimum Gasteiger partial charge on any atom is -0.374 e. The molecule has 0 radical (unpaired) electrons. The van der Waals surface area contributed by atoms with Gasteiger partial charge in [-0.25, -0.2) is 23.7 Å². The lowest BCUT2D eigenvalue weighted by atomic mass is 9.88. The number of halogens is 2. The maximum absolute atomic E-state index is 16.2. The van der Waals surface area contributed by atoms with E-state index in [2.05, 4.69) is 40.4 Å². The minimum atomic E-state index is -0.700. The van der Waals surface area contributed by atoms with Crippen LogP contribution in [0.1, 0.15) is 32.1 Å². The van der Waals surface area contributed by atoms with E-state index in [1.54, 1.807) is 48.9 Å². The number of benzene rings is 1. The van der Waals surface area contributed by atoms with E-state index >= 15 is 4.39 Å². The Morgan fingerprint density at radius 1 is 0.927 bits per heavy atom. The summed E-state index contributed by atoms with van der Waals surface area (Å²) in [4.78, 5) is 20.7. The fraction of sp³-hybridized carbons (Fsp3) is 0.233. The first-order chi connectivity index (χ1) is 20.1. The van der Waals surface area contributed by atoms with Crippen LogP contribution in [0.4, 0.5) is 14.5 Å². The minimum absolute atomic E-state index is 0.148. The number of aliphatic hydroxyl groups is 1. The molecular formula is C30H26F2N8O. The number of nitrogens with one attached hydrogen (secondary N) is 3. The van der Waals surface area contributed by atoms with Crippen LogP contribution in [-0.4, -0.2) is 46.5 Å². The summed E-state index contributed by atoms with van der Waals surface area (Å²) in [5.74, 6) is -0.457. The summed E-state index contributed by atoms with van der Waals surface area (Å²) in [6.07, 6.45) is 10.8. The predicted molar refractivity (Wildman–Crippen MR) is 152 cm³/mol. The number of aromatic amines is 2. The van der Waals surface area contributed by atoms with Crippen LogP contribution in [0.5, 0.6) is 0 Å². The molecule has 1 unspecified atom stereocenters. The van der Waals surface area contributed by atoms with Gasteiger partial charge in [0.1, 0.15) is 23.6 Å². The van der Waals surface area contributed by atoms with E-state index in [0.717, 1.165) is 25.7 Å². The van der Waals surface area contributed by atoms with Gasteiger partial charge in [-0.2, -0.15) is 5.10 Å². The number of nitrogens with zero attached hydrogens (tertiary/aromatic N) is 5. The molecule has 0 bridgehead atoms. The van der Waals surface area contributed by atoms with Crippen molar-refractivity contribution in [1.29, 1.82) is 0 Å². The molecule has 206 valence electrons. The van der Waals surface area contributed by atoms with Crippen LogP contribution in [0.2, 0.25) is 0 Å². The van der Waals surface area contributed by atoms with E-state index in [1.807, 2.05) is 0 Å².